The van der Waals surface area contributed by atoms with Crippen LogP contribution < -0.4 is 9.64 Å². The Kier molecular flexibility index (Phi) is 9.03. The van der Waals surface area contributed by atoms with Crippen LogP contribution in [0.5, 0.6) is 5.75 Å². The summed E-state index contributed by atoms with van der Waals surface area (Å²) in [6.07, 6.45) is 10.2. The number of hydrogen-bond donors (Lipinski definition) is 1. The average molecular weight is 547 g/mol. The first-order valence-corrected chi connectivity index (χ1v) is 15.5. The Bertz CT molecular complexity index is 1260. The van der Waals surface area contributed by atoms with Crippen LogP contribution in [-0.4, -0.2) is 35.8 Å². The van der Waals surface area contributed by atoms with Crippen LogP contribution in [0.3, 0.4) is 0 Å². The van der Waals surface area contributed by atoms with E-state index < -0.39 is 0 Å². The van der Waals surface area contributed by atoms with Crippen LogP contribution in [0.15, 0.2) is 48.7 Å². The van der Waals surface area contributed by atoms with Crippen LogP contribution in [0.1, 0.15) is 80.3 Å². The van der Waals surface area contributed by atoms with E-state index in [9.17, 15) is 9.90 Å². The lowest BCUT2D eigenvalue weighted by Crippen LogP contribution is -2.41. The van der Waals surface area contributed by atoms with Crippen molar-refractivity contribution in [3.8, 4) is 16.2 Å². The molecule has 0 saturated heterocycles. The van der Waals surface area contributed by atoms with Gasteiger partial charge in [0.25, 0.3) is 0 Å². The molecule has 1 N–H and O–H groups in total. The summed E-state index contributed by atoms with van der Waals surface area (Å²) in [7, 11) is 1.73. The van der Waals surface area contributed by atoms with Crippen molar-refractivity contribution in [1.29, 1.82) is 0 Å². The fraction of sp³-hybridized carbons (Fsp3) is 0.515. The third-order valence-corrected chi connectivity index (χ3v) is 9.98. The van der Waals surface area contributed by atoms with Gasteiger partial charge in [0.1, 0.15) is 5.75 Å². The van der Waals surface area contributed by atoms with E-state index in [0.29, 0.717) is 11.8 Å². The van der Waals surface area contributed by atoms with Crippen molar-refractivity contribution < 1.29 is 14.6 Å². The maximum Gasteiger partial charge on any atom is 0.230 e. The maximum atomic E-state index is 14.0. The lowest BCUT2D eigenvalue weighted by atomic mass is 9.78. The predicted octanol–water partition coefficient (Wildman–Crippen LogP) is 7.55. The number of aryl methyl sites for hydroxylation is 2. The summed E-state index contributed by atoms with van der Waals surface area (Å²) in [5.74, 6) is 2.22. The topological polar surface area (TPSA) is 62.7 Å². The van der Waals surface area contributed by atoms with E-state index in [1.54, 1.807) is 18.4 Å². The third kappa shape index (κ3) is 6.55. The van der Waals surface area contributed by atoms with E-state index in [-0.39, 0.29) is 17.9 Å². The second kappa shape index (κ2) is 12.6. The number of hydrogen-bond acceptors (Lipinski definition) is 5. The van der Waals surface area contributed by atoms with Gasteiger partial charge in [0, 0.05) is 24.3 Å². The van der Waals surface area contributed by atoms with Crippen LogP contribution in [0.2, 0.25) is 0 Å². The summed E-state index contributed by atoms with van der Waals surface area (Å²) in [4.78, 5) is 21.8. The van der Waals surface area contributed by atoms with Gasteiger partial charge in [-0.05, 0) is 111 Å². The Morgan fingerprint density at radius 2 is 1.82 bits per heavy atom. The minimum atomic E-state index is -0.262. The Labute approximate surface area is 237 Å². The molecule has 2 aliphatic rings. The van der Waals surface area contributed by atoms with Crippen LogP contribution in [-0.2, 0) is 11.2 Å². The molecule has 208 valence electrons. The number of aliphatic hydroxyl groups is 1. The molecule has 0 bridgehead atoms. The number of methoxy groups -OCH3 is 1. The zero-order valence-corrected chi connectivity index (χ0v) is 24.4. The molecule has 0 unspecified atom stereocenters. The van der Waals surface area contributed by atoms with Crippen LogP contribution >= 0.6 is 11.3 Å². The highest BCUT2D eigenvalue weighted by Gasteiger charge is 2.32. The van der Waals surface area contributed by atoms with Crippen molar-refractivity contribution in [2.45, 2.75) is 83.7 Å². The van der Waals surface area contributed by atoms with Gasteiger partial charge >= 0.3 is 0 Å². The lowest BCUT2D eigenvalue weighted by Gasteiger charge is -2.36. The molecule has 2 aromatic carbocycles. The Morgan fingerprint density at radius 1 is 1.05 bits per heavy atom. The van der Waals surface area contributed by atoms with Gasteiger partial charge in [-0.15, -0.1) is 11.3 Å². The number of anilines is 1. The SMILES string of the molecule is CCc1ncc(-c2cccc(N(CC3CCC(c4ccc(OC)c(C)c4)CC3)C(=O)C3CCC(O)CC3)c2)s1. The average Bonchev–Trinajstić information content (AvgIpc) is 3.46. The molecule has 5 rings (SSSR count). The van der Waals surface area contributed by atoms with Gasteiger partial charge < -0.3 is 14.7 Å². The fourth-order valence-corrected chi connectivity index (χ4v) is 7.25. The molecular weight excluding hydrogens is 504 g/mol. The number of nitrogens with zero attached hydrogens (tertiary/aromatic N) is 2. The molecule has 0 radical (unpaired) electrons. The summed E-state index contributed by atoms with van der Waals surface area (Å²) in [6.45, 7) is 5.01. The molecule has 0 aliphatic heterocycles. The first-order chi connectivity index (χ1) is 18.9. The van der Waals surface area contributed by atoms with Crippen LogP contribution in [0.4, 0.5) is 5.69 Å². The van der Waals surface area contributed by atoms with E-state index in [0.717, 1.165) is 91.2 Å². The van der Waals surface area contributed by atoms with Gasteiger partial charge in [-0.3, -0.25) is 4.79 Å². The largest absolute Gasteiger partial charge is 0.496 e. The molecule has 3 aromatic rings. The van der Waals surface area contributed by atoms with E-state index in [4.69, 9.17) is 4.74 Å². The van der Waals surface area contributed by atoms with Gasteiger partial charge in [-0.2, -0.15) is 0 Å². The number of carbonyl (C=O) groups is 1. The zero-order chi connectivity index (χ0) is 27.4. The number of amides is 1. The second-order valence-corrected chi connectivity index (χ2v) is 12.5. The summed E-state index contributed by atoms with van der Waals surface area (Å²) >= 11 is 1.73. The summed E-state index contributed by atoms with van der Waals surface area (Å²) in [6, 6.07) is 15.1. The molecule has 0 spiro atoms. The Balaban J connectivity index is 1.33. The molecule has 1 amide bonds. The minimum Gasteiger partial charge on any atom is -0.496 e. The predicted molar refractivity (Wildman–Crippen MR) is 160 cm³/mol. The summed E-state index contributed by atoms with van der Waals surface area (Å²) < 4.78 is 5.46. The van der Waals surface area contributed by atoms with Gasteiger partial charge in [-0.25, -0.2) is 4.98 Å². The van der Waals surface area contributed by atoms with Gasteiger partial charge in [0.05, 0.1) is 23.1 Å². The number of aromatic nitrogens is 1. The molecule has 0 atom stereocenters. The first-order valence-electron chi connectivity index (χ1n) is 14.6. The number of thiazole rings is 1. The molecule has 2 fully saturated rings. The molecule has 1 heterocycles. The van der Waals surface area contributed by atoms with E-state index >= 15 is 0 Å². The first kappa shape index (κ1) is 27.9. The minimum absolute atomic E-state index is 0.00855. The smallest absolute Gasteiger partial charge is 0.230 e. The van der Waals surface area contributed by atoms with E-state index in [2.05, 4.69) is 66.2 Å². The van der Waals surface area contributed by atoms with E-state index in [1.165, 1.54) is 11.1 Å². The highest BCUT2D eigenvalue weighted by Crippen LogP contribution is 2.39. The number of rotatable bonds is 8. The Morgan fingerprint density at radius 3 is 2.49 bits per heavy atom. The molecular formula is C33H42N2O3S. The van der Waals surface area contributed by atoms with Gasteiger partial charge in [-0.1, -0.05) is 31.2 Å². The number of ether oxygens (including phenoxy) is 1. The quantitative estimate of drug-likeness (QED) is 0.317. The number of benzene rings is 2. The van der Waals surface area contributed by atoms with Crippen LogP contribution in [0.25, 0.3) is 10.4 Å². The third-order valence-electron chi connectivity index (χ3n) is 8.79. The van der Waals surface area contributed by atoms with Crippen molar-refractivity contribution >= 4 is 22.9 Å². The highest BCUT2D eigenvalue weighted by atomic mass is 32.1. The molecule has 6 heteroatoms. The molecule has 1 aromatic heterocycles. The van der Waals surface area contributed by atoms with Crippen molar-refractivity contribution in [3.63, 3.8) is 0 Å². The lowest BCUT2D eigenvalue weighted by molar-refractivity contribution is -0.124. The molecule has 39 heavy (non-hydrogen) atoms. The van der Waals surface area contributed by atoms with Crippen LogP contribution in [0, 0.1) is 18.8 Å². The summed E-state index contributed by atoms with van der Waals surface area (Å²) in [5, 5.41) is 11.2. The van der Waals surface area contributed by atoms with Crippen molar-refractivity contribution in [2.24, 2.45) is 11.8 Å². The van der Waals surface area contributed by atoms with Crippen molar-refractivity contribution in [2.75, 3.05) is 18.6 Å². The normalized spacial score (nSPS) is 23.4. The second-order valence-electron chi connectivity index (χ2n) is 11.4. The highest BCUT2D eigenvalue weighted by molar-refractivity contribution is 7.15. The number of carbonyl (C=O) groups excluding carboxylic acids is 1. The van der Waals surface area contributed by atoms with E-state index in [1.807, 2.05) is 6.20 Å². The Hall–Kier alpha value is -2.70. The van der Waals surface area contributed by atoms with Crippen molar-refractivity contribution in [3.05, 3.63) is 64.8 Å². The maximum absolute atomic E-state index is 14.0. The molecule has 2 saturated carbocycles. The standard InChI is InChI=1S/C33H42N2O3S/c1-4-32-34-20-31(39-32)27-6-5-7-28(19-27)35(33(37)25-12-15-29(36)16-13-25)21-23-8-10-24(11-9-23)26-14-17-30(38-3)22(2)18-26/h5-7,14,17-20,23-25,29,36H,4,8-13,15-16,21H2,1-3H3. The number of aliphatic hydroxyl groups excluding tert-OH is 1. The van der Waals surface area contributed by atoms with Gasteiger partial charge in [0.2, 0.25) is 5.91 Å². The molecule has 2 aliphatic carbocycles. The fourth-order valence-electron chi connectivity index (χ4n) is 6.39. The monoisotopic (exact) mass is 546 g/mol. The summed E-state index contributed by atoms with van der Waals surface area (Å²) in [5.41, 5.74) is 4.71. The van der Waals surface area contributed by atoms with Crippen molar-refractivity contribution in [1.82, 2.24) is 4.98 Å². The van der Waals surface area contributed by atoms with Gasteiger partial charge in [0.15, 0.2) is 0 Å². The molecule has 5 nitrogen and oxygen atoms in total. The zero-order valence-electron chi connectivity index (χ0n) is 23.6.